The Morgan fingerprint density at radius 1 is 1.42 bits per heavy atom. The molecule has 2 atom stereocenters. The third-order valence-corrected chi connectivity index (χ3v) is 3.82. The molecule has 0 saturated carbocycles. The van der Waals surface area contributed by atoms with Gasteiger partial charge in [-0.1, -0.05) is 24.3 Å². The van der Waals surface area contributed by atoms with E-state index in [-0.39, 0.29) is 6.61 Å². The maximum atomic E-state index is 9.15. The fourth-order valence-corrected chi connectivity index (χ4v) is 2.57. The van der Waals surface area contributed by atoms with Crippen molar-refractivity contribution in [2.75, 3.05) is 13.2 Å². The number of nitrogens with one attached hydrogen (secondary N) is 1. The van der Waals surface area contributed by atoms with Crippen molar-refractivity contribution >= 4 is 0 Å². The zero-order valence-electron chi connectivity index (χ0n) is 11.8. The van der Waals surface area contributed by atoms with Crippen LogP contribution in [0.3, 0.4) is 0 Å². The van der Waals surface area contributed by atoms with Crippen LogP contribution in [0.5, 0.6) is 0 Å². The van der Waals surface area contributed by atoms with Gasteiger partial charge >= 0.3 is 0 Å². The molecule has 1 fully saturated rings. The number of hydrogen-bond donors (Lipinski definition) is 2. The first-order chi connectivity index (χ1) is 9.29. The number of aliphatic hydroxyl groups is 1. The van der Waals surface area contributed by atoms with E-state index in [1.54, 1.807) is 0 Å². The highest BCUT2D eigenvalue weighted by molar-refractivity contribution is 5.25. The molecule has 0 radical (unpaired) electrons. The Hall–Kier alpha value is -0.900. The molecule has 0 spiro atoms. The molecule has 0 bridgehead atoms. The van der Waals surface area contributed by atoms with E-state index in [1.807, 2.05) is 12.1 Å². The minimum Gasteiger partial charge on any atom is -0.392 e. The molecule has 2 unspecified atom stereocenters. The molecule has 106 valence electrons. The first-order valence-corrected chi connectivity index (χ1v) is 7.34. The quantitative estimate of drug-likeness (QED) is 0.829. The Labute approximate surface area is 116 Å². The first kappa shape index (κ1) is 14.5. The first-order valence-electron chi connectivity index (χ1n) is 7.34. The van der Waals surface area contributed by atoms with E-state index in [2.05, 4.69) is 24.4 Å². The van der Waals surface area contributed by atoms with Crippen LogP contribution in [-0.4, -0.2) is 24.4 Å². The third kappa shape index (κ3) is 4.60. The lowest BCUT2D eigenvalue weighted by atomic mass is 10.0. The number of benzene rings is 1. The molecule has 3 heteroatoms. The topological polar surface area (TPSA) is 41.5 Å². The summed E-state index contributed by atoms with van der Waals surface area (Å²) in [6.45, 7) is 4.18. The van der Waals surface area contributed by atoms with Gasteiger partial charge < -0.3 is 15.2 Å². The minimum atomic E-state index is 0.108. The van der Waals surface area contributed by atoms with Crippen molar-refractivity contribution in [3.05, 3.63) is 35.4 Å². The second-order valence-corrected chi connectivity index (χ2v) is 5.36. The largest absolute Gasteiger partial charge is 0.392 e. The fraction of sp³-hybridized carbons (Fsp3) is 0.625. The van der Waals surface area contributed by atoms with Crippen LogP contribution in [0.2, 0.25) is 0 Å². The number of aliphatic hydroxyl groups excluding tert-OH is 1. The fourth-order valence-electron chi connectivity index (χ4n) is 2.57. The predicted molar refractivity (Wildman–Crippen MR) is 77.0 cm³/mol. The van der Waals surface area contributed by atoms with Crippen LogP contribution in [0, 0.1) is 0 Å². The molecule has 19 heavy (non-hydrogen) atoms. The molecular weight excluding hydrogens is 238 g/mol. The van der Waals surface area contributed by atoms with Gasteiger partial charge in [0.25, 0.3) is 0 Å². The van der Waals surface area contributed by atoms with Crippen molar-refractivity contribution in [2.45, 2.75) is 51.4 Å². The SMILES string of the molecule is CC(NCCC1CCCCO1)c1cccc(CO)c1. The lowest BCUT2D eigenvalue weighted by molar-refractivity contribution is 0.0112. The lowest BCUT2D eigenvalue weighted by Crippen LogP contribution is -2.27. The van der Waals surface area contributed by atoms with Gasteiger partial charge in [-0.15, -0.1) is 0 Å². The molecule has 0 amide bonds. The second kappa shape index (κ2) is 7.63. The van der Waals surface area contributed by atoms with E-state index in [0.717, 1.165) is 25.1 Å². The number of hydrogen-bond acceptors (Lipinski definition) is 3. The third-order valence-electron chi connectivity index (χ3n) is 3.82. The highest BCUT2D eigenvalue weighted by Gasteiger charge is 2.13. The van der Waals surface area contributed by atoms with Crippen LogP contribution in [0.4, 0.5) is 0 Å². The molecule has 2 rings (SSSR count). The van der Waals surface area contributed by atoms with Gasteiger partial charge in [0, 0.05) is 12.6 Å². The summed E-state index contributed by atoms with van der Waals surface area (Å²) in [6.07, 6.45) is 5.25. The van der Waals surface area contributed by atoms with Crippen molar-refractivity contribution in [2.24, 2.45) is 0 Å². The summed E-state index contributed by atoms with van der Waals surface area (Å²) in [6, 6.07) is 8.44. The van der Waals surface area contributed by atoms with Gasteiger partial charge in [-0.2, -0.15) is 0 Å². The van der Waals surface area contributed by atoms with Crippen LogP contribution >= 0.6 is 0 Å². The molecule has 1 aromatic carbocycles. The highest BCUT2D eigenvalue weighted by atomic mass is 16.5. The molecule has 1 aromatic rings. The van der Waals surface area contributed by atoms with Crippen molar-refractivity contribution in [1.29, 1.82) is 0 Å². The molecule has 3 nitrogen and oxygen atoms in total. The average molecular weight is 263 g/mol. The molecular formula is C16H25NO2. The second-order valence-electron chi connectivity index (χ2n) is 5.36. The Balaban J connectivity index is 1.75. The van der Waals surface area contributed by atoms with E-state index < -0.39 is 0 Å². The van der Waals surface area contributed by atoms with E-state index in [0.29, 0.717) is 12.1 Å². The van der Waals surface area contributed by atoms with E-state index in [4.69, 9.17) is 9.84 Å². The summed E-state index contributed by atoms with van der Waals surface area (Å²) in [4.78, 5) is 0. The van der Waals surface area contributed by atoms with Gasteiger partial charge in [-0.3, -0.25) is 0 Å². The normalized spacial score (nSPS) is 21.3. The van der Waals surface area contributed by atoms with Crippen LogP contribution in [0.1, 0.15) is 49.8 Å². The maximum absolute atomic E-state index is 9.15. The molecule has 1 aliphatic rings. The summed E-state index contributed by atoms with van der Waals surface area (Å²) >= 11 is 0. The molecule has 1 saturated heterocycles. The Morgan fingerprint density at radius 3 is 3.05 bits per heavy atom. The maximum Gasteiger partial charge on any atom is 0.0681 e. The minimum absolute atomic E-state index is 0.108. The van der Waals surface area contributed by atoms with Crippen molar-refractivity contribution < 1.29 is 9.84 Å². The van der Waals surface area contributed by atoms with Crippen molar-refractivity contribution in [3.8, 4) is 0 Å². The van der Waals surface area contributed by atoms with Gasteiger partial charge in [0.1, 0.15) is 0 Å². The van der Waals surface area contributed by atoms with Gasteiger partial charge in [-0.25, -0.2) is 0 Å². The molecule has 1 heterocycles. The smallest absolute Gasteiger partial charge is 0.0681 e. The number of rotatable bonds is 6. The summed E-state index contributed by atoms with van der Waals surface area (Å²) < 4.78 is 5.73. The van der Waals surface area contributed by atoms with E-state index in [1.165, 1.54) is 24.8 Å². The van der Waals surface area contributed by atoms with Gasteiger partial charge in [0.05, 0.1) is 12.7 Å². The summed E-state index contributed by atoms with van der Waals surface area (Å²) in [7, 11) is 0. The standard InChI is InChI=1S/C16H25NO2/c1-13(15-6-4-5-14(11-15)12-18)17-9-8-16-7-2-3-10-19-16/h4-6,11,13,16-18H,2-3,7-10,12H2,1H3. The summed E-state index contributed by atoms with van der Waals surface area (Å²) in [5.74, 6) is 0. The van der Waals surface area contributed by atoms with Gasteiger partial charge in [0.15, 0.2) is 0 Å². The monoisotopic (exact) mass is 263 g/mol. The van der Waals surface area contributed by atoms with E-state index >= 15 is 0 Å². The Morgan fingerprint density at radius 2 is 2.32 bits per heavy atom. The highest BCUT2D eigenvalue weighted by Crippen LogP contribution is 2.17. The lowest BCUT2D eigenvalue weighted by Gasteiger charge is -2.23. The Bertz CT molecular complexity index is 375. The average Bonchev–Trinajstić information content (AvgIpc) is 2.48. The van der Waals surface area contributed by atoms with Crippen molar-refractivity contribution in [1.82, 2.24) is 5.32 Å². The summed E-state index contributed by atoms with van der Waals surface area (Å²) in [5, 5.41) is 12.7. The van der Waals surface area contributed by atoms with Crippen LogP contribution in [-0.2, 0) is 11.3 Å². The van der Waals surface area contributed by atoms with E-state index in [9.17, 15) is 0 Å². The molecule has 0 aliphatic carbocycles. The van der Waals surface area contributed by atoms with Crippen LogP contribution in [0.25, 0.3) is 0 Å². The van der Waals surface area contributed by atoms with Crippen LogP contribution in [0.15, 0.2) is 24.3 Å². The Kier molecular flexibility index (Phi) is 5.83. The molecule has 2 N–H and O–H groups in total. The van der Waals surface area contributed by atoms with Gasteiger partial charge in [0.2, 0.25) is 0 Å². The van der Waals surface area contributed by atoms with Gasteiger partial charge in [-0.05, 0) is 50.3 Å². The zero-order chi connectivity index (χ0) is 13.5. The van der Waals surface area contributed by atoms with Crippen molar-refractivity contribution in [3.63, 3.8) is 0 Å². The number of ether oxygens (including phenoxy) is 1. The predicted octanol–water partition coefficient (Wildman–Crippen LogP) is 2.79. The zero-order valence-corrected chi connectivity index (χ0v) is 11.8. The molecule has 1 aliphatic heterocycles. The van der Waals surface area contributed by atoms with Crippen LogP contribution < -0.4 is 5.32 Å². The molecule has 0 aromatic heterocycles. The summed E-state index contributed by atoms with van der Waals surface area (Å²) in [5.41, 5.74) is 2.21.